The normalized spacial score (nSPS) is 13.8. The first-order valence-corrected chi connectivity index (χ1v) is 11.9. The molecule has 3 amide bonds. The monoisotopic (exact) mass is 477 g/mol. The third-order valence-corrected chi connectivity index (χ3v) is 6.17. The van der Waals surface area contributed by atoms with Crippen molar-refractivity contribution in [3.05, 3.63) is 59.9 Å². The van der Waals surface area contributed by atoms with Crippen molar-refractivity contribution in [3.8, 4) is 17.2 Å². The summed E-state index contributed by atoms with van der Waals surface area (Å²) in [7, 11) is 3.26. The predicted octanol–water partition coefficient (Wildman–Crippen LogP) is 4.51. The van der Waals surface area contributed by atoms with Crippen molar-refractivity contribution in [3.63, 3.8) is 0 Å². The fourth-order valence-electron chi connectivity index (χ4n) is 4.08. The van der Waals surface area contributed by atoms with E-state index in [9.17, 15) is 9.59 Å². The van der Waals surface area contributed by atoms with Gasteiger partial charge in [-0.15, -0.1) is 0 Å². The van der Waals surface area contributed by atoms with Crippen molar-refractivity contribution in [2.45, 2.75) is 44.6 Å². The zero-order valence-corrected chi connectivity index (χ0v) is 20.1. The summed E-state index contributed by atoms with van der Waals surface area (Å²) in [6.45, 7) is 0.403. The summed E-state index contributed by atoms with van der Waals surface area (Å²) < 4.78 is 10.7. The Labute approximate surface area is 204 Å². The zero-order valence-electron chi connectivity index (χ0n) is 20.1. The maximum absolute atomic E-state index is 12.5. The summed E-state index contributed by atoms with van der Waals surface area (Å²) in [6, 6.07) is 14.4. The first-order chi connectivity index (χ1) is 17.0. The molecule has 0 spiro atoms. The Balaban J connectivity index is 1.29. The summed E-state index contributed by atoms with van der Waals surface area (Å²) in [5.74, 6) is 1.41. The Morgan fingerprint density at radius 2 is 1.83 bits per heavy atom. The first kappa shape index (κ1) is 24.3. The molecule has 0 saturated heterocycles. The predicted molar refractivity (Wildman–Crippen MR) is 132 cm³/mol. The van der Waals surface area contributed by atoms with E-state index in [2.05, 4.69) is 20.8 Å². The molecule has 0 unspecified atom stereocenters. The molecule has 1 fully saturated rings. The zero-order chi connectivity index (χ0) is 24.6. The van der Waals surface area contributed by atoms with Crippen LogP contribution in [-0.4, -0.2) is 53.7 Å². The Hall–Kier alpha value is -3.88. The molecule has 0 radical (unpaired) electrons. The average Bonchev–Trinajstić information content (AvgIpc) is 3.37. The third kappa shape index (κ3) is 6.38. The van der Waals surface area contributed by atoms with Crippen LogP contribution in [0.3, 0.4) is 0 Å². The van der Waals surface area contributed by atoms with Crippen molar-refractivity contribution in [2.75, 3.05) is 26.0 Å². The summed E-state index contributed by atoms with van der Waals surface area (Å²) >= 11 is 0. The molecule has 0 bridgehead atoms. The minimum atomic E-state index is -0.264. The highest BCUT2D eigenvalue weighted by Gasteiger charge is 2.18. The number of anilines is 1. The van der Waals surface area contributed by atoms with Crippen molar-refractivity contribution in [1.29, 1.82) is 0 Å². The van der Waals surface area contributed by atoms with E-state index in [4.69, 9.17) is 9.26 Å². The van der Waals surface area contributed by atoms with Gasteiger partial charge in [-0.2, -0.15) is 4.98 Å². The molecular weight excluding hydrogens is 446 g/mol. The number of carbonyl (C=O) groups is 2. The molecule has 2 N–H and O–H groups in total. The summed E-state index contributed by atoms with van der Waals surface area (Å²) in [5, 5.41) is 9.98. The lowest BCUT2D eigenvalue weighted by molar-refractivity contribution is 0.0927. The number of urea groups is 1. The second kappa shape index (κ2) is 11.5. The van der Waals surface area contributed by atoms with Crippen LogP contribution in [0.25, 0.3) is 11.5 Å². The second-order valence-corrected chi connectivity index (χ2v) is 8.70. The first-order valence-electron chi connectivity index (χ1n) is 11.9. The number of methoxy groups -OCH3 is 1. The van der Waals surface area contributed by atoms with E-state index in [1.54, 1.807) is 55.5 Å². The number of carbonyl (C=O) groups excluding carboxylic acids is 2. The number of hydrogen-bond acceptors (Lipinski definition) is 6. The molecule has 3 aromatic rings. The van der Waals surface area contributed by atoms with E-state index < -0.39 is 0 Å². The number of hydrogen-bond donors (Lipinski definition) is 2. The Morgan fingerprint density at radius 3 is 2.57 bits per heavy atom. The van der Waals surface area contributed by atoms with E-state index in [0.29, 0.717) is 41.7 Å². The minimum absolute atomic E-state index is 0.0518. The maximum atomic E-state index is 12.5. The van der Waals surface area contributed by atoms with Crippen LogP contribution in [-0.2, 0) is 6.42 Å². The van der Waals surface area contributed by atoms with Crippen LogP contribution in [0.1, 0.15) is 48.3 Å². The topological polar surface area (TPSA) is 110 Å². The van der Waals surface area contributed by atoms with Gasteiger partial charge in [-0.05, 0) is 49.2 Å². The fourth-order valence-corrected chi connectivity index (χ4v) is 4.08. The third-order valence-electron chi connectivity index (χ3n) is 6.17. The van der Waals surface area contributed by atoms with Crippen molar-refractivity contribution in [1.82, 2.24) is 20.4 Å². The quantitative estimate of drug-likeness (QED) is 0.494. The lowest BCUT2D eigenvalue weighted by Crippen LogP contribution is -2.36. The van der Waals surface area contributed by atoms with Gasteiger partial charge in [-0.3, -0.25) is 4.79 Å². The molecule has 2 aromatic carbocycles. The van der Waals surface area contributed by atoms with Crippen LogP contribution in [0.5, 0.6) is 5.75 Å². The summed E-state index contributed by atoms with van der Waals surface area (Å²) in [4.78, 5) is 31.0. The van der Waals surface area contributed by atoms with Gasteiger partial charge in [0.2, 0.25) is 0 Å². The highest BCUT2D eigenvalue weighted by atomic mass is 16.5. The molecule has 1 aliphatic rings. The number of para-hydroxylation sites is 2. The largest absolute Gasteiger partial charge is 0.495 e. The van der Waals surface area contributed by atoms with Gasteiger partial charge in [0, 0.05) is 37.2 Å². The Kier molecular flexibility index (Phi) is 7.97. The number of nitrogens with one attached hydrogen (secondary N) is 2. The van der Waals surface area contributed by atoms with Gasteiger partial charge in [-0.25, -0.2) is 4.79 Å². The van der Waals surface area contributed by atoms with Crippen molar-refractivity contribution < 1.29 is 18.8 Å². The van der Waals surface area contributed by atoms with Gasteiger partial charge in [0.15, 0.2) is 5.82 Å². The molecule has 4 rings (SSSR count). The van der Waals surface area contributed by atoms with Gasteiger partial charge in [0.1, 0.15) is 5.75 Å². The molecule has 1 aromatic heterocycles. The number of ether oxygens (including phenoxy) is 1. The lowest BCUT2D eigenvalue weighted by atomic mass is 9.95. The molecule has 0 atom stereocenters. The highest BCUT2D eigenvalue weighted by molar-refractivity contribution is 5.94. The number of benzene rings is 2. The van der Waals surface area contributed by atoms with Gasteiger partial charge < -0.3 is 24.8 Å². The minimum Gasteiger partial charge on any atom is -0.495 e. The molecule has 0 aliphatic heterocycles. The fraction of sp³-hybridized carbons (Fsp3) is 0.385. The van der Waals surface area contributed by atoms with Crippen LogP contribution in [0.4, 0.5) is 10.5 Å². The molecule has 1 aliphatic carbocycles. The smallest absolute Gasteiger partial charge is 0.321 e. The van der Waals surface area contributed by atoms with Crippen molar-refractivity contribution >= 4 is 17.6 Å². The molecule has 9 nitrogen and oxygen atoms in total. The number of nitrogens with zero attached hydrogens (tertiary/aromatic N) is 3. The van der Waals surface area contributed by atoms with E-state index >= 15 is 0 Å². The van der Waals surface area contributed by atoms with Crippen molar-refractivity contribution in [2.24, 2.45) is 0 Å². The standard InChI is InChI=1S/C26H31N5O4/c1-31(26(33)28-21-10-6-7-11-22(21)34-2)17-16-23-29-25(35-30-23)19-14-12-18(13-15-19)24(32)27-20-8-4-3-5-9-20/h6-7,10-15,20H,3-5,8-9,16-17H2,1-2H3,(H,27,32)(H,28,33). The van der Waals surface area contributed by atoms with Gasteiger partial charge in [0.25, 0.3) is 11.8 Å². The van der Waals surface area contributed by atoms with E-state index in [-0.39, 0.29) is 18.0 Å². The number of aromatic nitrogens is 2. The van der Waals surface area contributed by atoms with Crippen LogP contribution in [0.15, 0.2) is 53.1 Å². The Bertz CT molecular complexity index is 1140. The van der Waals surface area contributed by atoms with Crippen LogP contribution in [0, 0.1) is 0 Å². The summed E-state index contributed by atoms with van der Waals surface area (Å²) in [6.07, 6.45) is 6.12. The lowest BCUT2D eigenvalue weighted by Gasteiger charge is -2.22. The van der Waals surface area contributed by atoms with E-state index in [1.165, 1.54) is 19.3 Å². The van der Waals surface area contributed by atoms with E-state index in [1.807, 2.05) is 12.1 Å². The SMILES string of the molecule is COc1ccccc1NC(=O)N(C)CCc1noc(-c2ccc(C(=O)NC3CCCCC3)cc2)n1. The highest BCUT2D eigenvalue weighted by Crippen LogP contribution is 2.23. The Morgan fingerprint density at radius 1 is 1.09 bits per heavy atom. The van der Waals surface area contributed by atoms with Crippen LogP contribution in [0.2, 0.25) is 0 Å². The molecule has 1 heterocycles. The molecule has 9 heteroatoms. The number of likely N-dealkylation sites (N-methyl/N-ethyl adjacent to an activating group) is 1. The van der Waals surface area contributed by atoms with Gasteiger partial charge in [-0.1, -0.05) is 36.6 Å². The summed E-state index contributed by atoms with van der Waals surface area (Å²) in [5.41, 5.74) is 1.95. The molecule has 35 heavy (non-hydrogen) atoms. The van der Waals surface area contributed by atoms with E-state index in [0.717, 1.165) is 18.4 Å². The second-order valence-electron chi connectivity index (χ2n) is 8.70. The number of amides is 3. The number of rotatable bonds is 8. The van der Waals surface area contributed by atoms with Gasteiger partial charge in [0.05, 0.1) is 12.8 Å². The average molecular weight is 478 g/mol. The molecule has 184 valence electrons. The maximum Gasteiger partial charge on any atom is 0.321 e. The van der Waals surface area contributed by atoms with Gasteiger partial charge >= 0.3 is 6.03 Å². The van der Waals surface area contributed by atoms with Crippen LogP contribution < -0.4 is 15.4 Å². The molecular formula is C26H31N5O4. The molecule has 1 saturated carbocycles. The van der Waals surface area contributed by atoms with Crippen LogP contribution >= 0.6 is 0 Å².